The van der Waals surface area contributed by atoms with Crippen molar-refractivity contribution in [1.29, 1.82) is 0 Å². The summed E-state index contributed by atoms with van der Waals surface area (Å²) in [7, 11) is 0. The van der Waals surface area contributed by atoms with Gasteiger partial charge in [-0.05, 0) is 6.07 Å². The zero-order chi connectivity index (χ0) is 10.7. The van der Waals surface area contributed by atoms with Crippen molar-refractivity contribution in [3.05, 3.63) is 28.8 Å². The molecule has 0 aromatic carbocycles. The van der Waals surface area contributed by atoms with Gasteiger partial charge in [-0.3, -0.25) is 4.79 Å². The van der Waals surface area contributed by atoms with Gasteiger partial charge in [0, 0.05) is 6.54 Å². The molecule has 76 valence electrons. The molecule has 0 amide bonds. The van der Waals surface area contributed by atoms with Crippen molar-refractivity contribution in [3.63, 3.8) is 0 Å². The van der Waals surface area contributed by atoms with Crippen molar-refractivity contribution >= 4 is 6.29 Å². The molecule has 0 radical (unpaired) electrons. The van der Waals surface area contributed by atoms with Gasteiger partial charge in [-0.2, -0.15) is 0 Å². The van der Waals surface area contributed by atoms with Gasteiger partial charge in [-0.25, -0.2) is 18.2 Å². The van der Waals surface area contributed by atoms with Crippen LogP contribution in [0.5, 0.6) is 0 Å². The summed E-state index contributed by atoms with van der Waals surface area (Å²) in [4.78, 5) is 13.8. The van der Waals surface area contributed by atoms with Crippen molar-refractivity contribution < 1.29 is 18.0 Å². The second-order valence-electron chi connectivity index (χ2n) is 2.52. The predicted molar refractivity (Wildman–Crippen MR) is 42.4 cm³/mol. The molecule has 1 heterocycles. The number of pyridine rings is 1. The van der Waals surface area contributed by atoms with E-state index in [0.717, 1.165) is 6.07 Å². The Hall–Kier alpha value is -1.43. The first-order chi connectivity index (χ1) is 6.60. The maximum Gasteiger partial charge on any atom is 0.268 e. The number of carbonyl (C=O) groups is 1. The van der Waals surface area contributed by atoms with Gasteiger partial charge in [0.05, 0.1) is 11.3 Å². The monoisotopic (exact) mass is 204 g/mol. The summed E-state index contributed by atoms with van der Waals surface area (Å²) in [6.07, 6.45) is -2.97. The smallest absolute Gasteiger partial charge is 0.268 e. The number of carbonyl (C=O) groups excluding carboxylic acids is 1. The molecular formula is C8H7F3N2O. The number of nitrogens with two attached hydrogens (primary N) is 1. The van der Waals surface area contributed by atoms with E-state index in [9.17, 15) is 18.0 Å². The molecular weight excluding hydrogens is 197 g/mol. The van der Waals surface area contributed by atoms with Crippen molar-refractivity contribution in [3.8, 4) is 0 Å². The number of rotatable bonds is 3. The topological polar surface area (TPSA) is 56.0 Å². The van der Waals surface area contributed by atoms with Gasteiger partial charge in [-0.1, -0.05) is 0 Å². The third-order valence-electron chi connectivity index (χ3n) is 1.63. The molecule has 0 unspecified atom stereocenters. The second kappa shape index (κ2) is 4.19. The first-order valence-electron chi connectivity index (χ1n) is 3.72. The van der Waals surface area contributed by atoms with Crippen LogP contribution in [0.1, 0.15) is 28.2 Å². The Morgan fingerprint density at radius 3 is 2.64 bits per heavy atom. The molecule has 0 atom stereocenters. The lowest BCUT2D eigenvalue weighted by Gasteiger charge is -2.06. The predicted octanol–water partition coefficient (Wildman–Crippen LogP) is 1.43. The molecule has 14 heavy (non-hydrogen) atoms. The van der Waals surface area contributed by atoms with E-state index < -0.39 is 23.5 Å². The molecule has 1 aromatic rings. The summed E-state index contributed by atoms with van der Waals surface area (Å²) < 4.78 is 37.5. The Morgan fingerprint density at radius 1 is 1.57 bits per heavy atom. The van der Waals surface area contributed by atoms with E-state index in [2.05, 4.69) is 4.98 Å². The Balaban J connectivity index is 3.34. The summed E-state index contributed by atoms with van der Waals surface area (Å²) in [6.45, 7) is -0.110. The van der Waals surface area contributed by atoms with E-state index >= 15 is 0 Å². The summed E-state index contributed by atoms with van der Waals surface area (Å²) in [5.74, 6) is -1.16. The van der Waals surface area contributed by atoms with Gasteiger partial charge in [0.2, 0.25) is 0 Å². The molecule has 0 saturated heterocycles. The first-order valence-corrected chi connectivity index (χ1v) is 3.72. The largest absolute Gasteiger partial charge is 0.325 e. The average Bonchev–Trinajstić information content (AvgIpc) is 2.15. The van der Waals surface area contributed by atoms with Crippen LogP contribution in [0, 0.1) is 5.82 Å². The Morgan fingerprint density at radius 2 is 2.21 bits per heavy atom. The normalized spacial score (nSPS) is 10.6. The highest BCUT2D eigenvalue weighted by molar-refractivity contribution is 5.74. The number of aromatic nitrogens is 1. The number of hydrogen-bond acceptors (Lipinski definition) is 3. The molecule has 3 nitrogen and oxygen atoms in total. The van der Waals surface area contributed by atoms with Crippen molar-refractivity contribution in [1.82, 2.24) is 4.98 Å². The number of alkyl halides is 2. The average molecular weight is 204 g/mol. The minimum absolute atomic E-state index is 0.0639. The number of aldehydes is 1. The second-order valence-corrected chi connectivity index (χ2v) is 2.52. The summed E-state index contributed by atoms with van der Waals surface area (Å²) in [5.41, 5.74) is 3.63. The third-order valence-corrected chi connectivity index (χ3v) is 1.63. The molecule has 1 aromatic heterocycles. The fraction of sp³-hybridized carbons (Fsp3) is 0.250. The van der Waals surface area contributed by atoms with E-state index in [1.54, 1.807) is 0 Å². The van der Waals surface area contributed by atoms with Crippen molar-refractivity contribution in [2.75, 3.05) is 0 Å². The summed E-state index contributed by atoms with van der Waals surface area (Å²) in [5, 5.41) is 0. The van der Waals surface area contributed by atoms with E-state index in [1.807, 2.05) is 0 Å². The van der Waals surface area contributed by atoms with Crippen LogP contribution in [0.2, 0.25) is 0 Å². The standard InChI is InChI=1S/C8H7F3N2O/c9-5-1-4(2-12)13-6(3-14)7(5)8(10)11/h1,3,8H,2,12H2. The number of nitrogens with zero attached hydrogens (tertiary/aromatic N) is 1. The minimum Gasteiger partial charge on any atom is -0.325 e. The zero-order valence-electron chi connectivity index (χ0n) is 7.01. The molecule has 1 rings (SSSR count). The maximum atomic E-state index is 13.0. The van der Waals surface area contributed by atoms with Crippen LogP contribution in [0.25, 0.3) is 0 Å². The molecule has 0 aliphatic carbocycles. The van der Waals surface area contributed by atoms with E-state index in [4.69, 9.17) is 5.73 Å². The number of hydrogen-bond donors (Lipinski definition) is 1. The lowest BCUT2D eigenvalue weighted by atomic mass is 10.1. The number of halogens is 3. The van der Waals surface area contributed by atoms with Gasteiger partial charge < -0.3 is 5.73 Å². The van der Waals surface area contributed by atoms with Crippen molar-refractivity contribution in [2.45, 2.75) is 13.0 Å². The van der Waals surface area contributed by atoms with E-state index in [0.29, 0.717) is 0 Å². The van der Waals surface area contributed by atoms with Gasteiger partial charge >= 0.3 is 0 Å². The van der Waals surface area contributed by atoms with Crippen LogP contribution in [0.15, 0.2) is 6.07 Å². The molecule has 0 bridgehead atoms. The SMILES string of the molecule is NCc1cc(F)c(C(F)F)c(C=O)n1. The van der Waals surface area contributed by atoms with E-state index in [1.165, 1.54) is 0 Å². The Labute approximate surface area is 77.7 Å². The van der Waals surface area contributed by atoms with Crippen molar-refractivity contribution in [2.24, 2.45) is 5.73 Å². The molecule has 6 heteroatoms. The van der Waals surface area contributed by atoms with Crippen LogP contribution in [0.4, 0.5) is 13.2 Å². The van der Waals surface area contributed by atoms with Gasteiger partial charge in [0.25, 0.3) is 6.43 Å². The highest BCUT2D eigenvalue weighted by atomic mass is 19.3. The molecule has 0 aliphatic rings. The lowest BCUT2D eigenvalue weighted by molar-refractivity contribution is 0.109. The fourth-order valence-electron chi connectivity index (χ4n) is 1.00. The lowest BCUT2D eigenvalue weighted by Crippen LogP contribution is -2.08. The van der Waals surface area contributed by atoms with Crippen LogP contribution < -0.4 is 5.73 Å². The van der Waals surface area contributed by atoms with Gasteiger partial charge in [0.1, 0.15) is 11.5 Å². The zero-order valence-corrected chi connectivity index (χ0v) is 7.01. The Kier molecular flexibility index (Phi) is 3.19. The highest BCUT2D eigenvalue weighted by Gasteiger charge is 2.20. The van der Waals surface area contributed by atoms with Crippen LogP contribution >= 0.6 is 0 Å². The molecule has 0 aliphatic heterocycles. The van der Waals surface area contributed by atoms with Gasteiger partial charge in [-0.15, -0.1) is 0 Å². The summed E-state index contributed by atoms with van der Waals surface area (Å²) >= 11 is 0. The molecule has 0 spiro atoms. The first kappa shape index (κ1) is 10.6. The van der Waals surface area contributed by atoms with E-state index in [-0.39, 0.29) is 18.5 Å². The van der Waals surface area contributed by atoms with Gasteiger partial charge in [0.15, 0.2) is 6.29 Å². The molecule has 2 N–H and O–H groups in total. The molecule has 0 fully saturated rings. The quantitative estimate of drug-likeness (QED) is 0.757. The van der Waals surface area contributed by atoms with Crippen LogP contribution in [-0.2, 0) is 6.54 Å². The minimum atomic E-state index is -3.06. The fourth-order valence-corrected chi connectivity index (χ4v) is 1.00. The van der Waals surface area contributed by atoms with Crippen LogP contribution in [0.3, 0.4) is 0 Å². The maximum absolute atomic E-state index is 13.0. The molecule has 0 saturated carbocycles. The third kappa shape index (κ3) is 1.90. The summed E-state index contributed by atoms with van der Waals surface area (Å²) in [6, 6.07) is 0.800. The highest BCUT2D eigenvalue weighted by Crippen LogP contribution is 2.24. The Bertz CT molecular complexity index is 355. The van der Waals surface area contributed by atoms with Crippen LogP contribution in [-0.4, -0.2) is 11.3 Å².